The highest BCUT2D eigenvalue weighted by molar-refractivity contribution is 5.50. The molecule has 0 bridgehead atoms. The molecule has 4 nitrogen and oxygen atoms in total. The molecule has 0 atom stereocenters. The normalized spacial score (nSPS) is 16.5. The molecular formula is C39H64N2O2. The Labute approximate surface area is 264 Å². The second kappa shape index (κ2) is 13.5. The van der Waals surface area contributed by atoms with E-state index in [4.69, 9.17) is 0 Å². The summed E-state index contributed by atoms with van der Waals surface area (Å²) in [6.07, 6.45) is 5.15. The van der Waals surface area contributed by atoms with E-state index in [0.717, 1.165) is 93.6 Å². The molecule has 2 N–H and O–H groups in total. The van der Waals surface area contributed by atoms with Gasteiger partial charge in [-0.25, -0.2) is 0 Å². The Morgan fingerprint density at radius 3 is 1.14 bits per heavy atom. The summed E-state index contributed by atoms with van der Waals surface area (Å²) < 4.78 is 0. The highest BCUT2D eigenvalue weighted by Crippen LogP contribution is 2.42. The minimum absolute atomic E-state index is 0.0602. The topological polar surface area (TPSA) is 46.9 Å². The molecule has 43 heavy (non-hydrogen) atoms. The molecule has 2 aromatic rings. The van der Waals surface area contributed by atoms with Crippen LogP contribution in [0.1, 0.15) is 149 Å². The molecule has 1 heterocycles. The fraction of sp³-hybridized carbons (Fsp3) is 0.692. The average molecular weight is 593 g/mol. The van der Waals surface area contributed by atoms with E-state index < -0.39 is 0 Å². The molecule has 0 radical (unpaired) electrons. The van der Waals surface area contributed by atoms with E-state index in [0.29, 0.717) is 11.5 Å². The van der Waals surface area contributed by atoms with Gasteiger partial charge in [0.05, 0.1) is 0 Å². The molecular weight excluding hydrogens is 528 g/mol. The van der Waals surface area contributed by atoms with Gasteiger partial charge < -0.3 is 10.2 Å². The van der Waals surface area contributed by atoms with E-state index in [2.05, 4.69) is 117 Å². The Morgan fingerprint density at radius 1 is 0.512 bits per heavy atom. The first-order chi connectivity index (χ1) is 19.9. The van der Waals surface area contributed by atoms with Crippen molar-refractivity contribution in [3.8, 4) is 11.5 Å². The van der Waals surface area contributed by atoms with Crippen molar-refractivity contribution in [2.75, 3.05) is 26.2 Å². The highest BCUT2D eigenvalue weighted by atomic mass is 16.3. The second-order valence-corrected chi connectivity index (χ2v) is 15.9. The van der Waals surface area contributed by atoms with Crippen molar-refractivity contribution in [1.29, 1.82) is 0 Å². The number of benzene rings is 2. The maximum Gasteiger partial charge on any atom is 0.123 e. The summed E-state index contributed by atoms with van der Waals surface area (Å²) in [6.45, 7) is 32.6. The Balaban J connectivity index is 1.88. The standard InChI is InChI=1S/C39H64N2O2/c1-13-36(5,6)30-22-28(34(42)32(24-30)38(9,10)15-3)26-40-18-17-19-41(21-20-40)27-29-23-31(37(7,8)14-2)25-33(35(29)43)39(11,12)16-4/h22-25,42-43H,13-21,26-27H2,1-12H3. The Morgan fingerprint density at radius 2 is 0.837 bits per heavy atom. The van der Waals surface area contributed by atoms with Crippen molar-refractivity contribution in [2.45, 2.75) is 150 Å². The zero-order chi connectivity index (χ0) is 32.4. The van der Waals surface area contributed by atoms with E-state index in [-0.39, 0.29) is 21.7 Å². The summed E-state index contributed by atoms with van der Waals surface area (Å²) >= 11 is 0. The van der Waals surface area contributed by atoms with E-state index >= 15 is 0 Å². The Hall–Kier alpha value is -2.04. The lowest BCUT2D eigenvalue weighted by atomic mass is 9.75. The molecule has 2 aromatic carbocycles. The molecule has 1 saturated heterocycles. The van der Waals surface area contributed by atoms with Gasteiger partial charge in [0, 0.05) is 48.4 Å². The van der Waals surface area contributed by atoms with Gasteiger partial charge in [-0.3, -0.25) is 9.80 Å². The van der Waals surface area contributed by atoms with E-state index in [1.165, 1.54) is 11.1 Å². The average Bonchev–Trinajstić information content (AvgIpc) is 3.19. The van der Waals surface area contributed by atoms with Crippen molar-refractivity contribution in [1.82, 2.24) is 9.80 Å². The van der Waals surface area contributed by atoms with Crippen LogP contribution in [-0.2, 0) is 34.7 Å². The first kappa shape index (κ1) is 35.4. The summed E-state index contributed by atoms with van der Waals surface area (Å²) in [4.78, 5) is 5.03. The quantitative estimate of drug-likeness (QED) is 0.258. The molecule has 3 rings (SSSR count). The van der Waals surface area contributed by atoms with Crippen LogP contribution in [0.5, 0.6) is 11.5 Å². The third-order valence-corrected chi connectivity index (χ3v) is 11.4. The van der Waals surface area contributed by atoms with Crippen LogP contribution in [0.3, 0.4) is 0 Å². The molecule has 0 aromatic heterocycles. The molecule has 0 aliphatic carbocycles. The molecule has 1 fully saturated rings. The maximum atomic E-state index is 11.6. The van der Waals surface area contributed by atoms with Gasteiger partial charge in [0.2, 0.25) is 0 Å². The lowest BCUT2D eigenvalue weighted by Gasteiger charge is -2.32. The molecule has 0 amide bonds. The minimum atomic E-state index is -0.0810. The molecule has 4 heteroatoms. The molecule has 242 valence electrons. The van der Waals surface area contributed by atoms with Crippen LogP contribution >= 0.6 is 0 Å². The number of phenolic OH excluding ortho intramolecular Hbond substituents is 2. The molecule has 1 aliphatic rings. The van der Waals surface area contributed by atoms with Crippen molar-refractivity contribution in [2.24, 2.45) is 0 Å². The largest absolute Gasteiger partial charge is 0.507 e. The molecule has 0 unspecified atom stereocenters. The van der Waals surface area contributed by atoms with Gasteiger partial charge >= 0.3 is 0 Å². The number of hydrogen-bond donors (Lipinski definition) is 2. The zero-order valence-corrected chi connectivity index (χ0v) is 29.9. The fourth-order valence-electron chi connectivity index (χ4n) is 6.06. The van der Waals surface area contributed by atoms with Gasteiger partial charge in [-0.05, 0) is 78.0 Å². The predicted molar refractivity (Wildman–Crippen MR) is 185 cm³/mol. The van der Waals surface area contributed by atoms with Crippen LogP contribution in [0.15, 0.2) is 24.3 Å². The molecule has 0 spiro atoms. The lowest BCUT2D eigenvalue weighted by Crippen LogP contribution is -2.31. The van der Waals surface area contributed by atoms with Gasteiger partial charge in [-0.1, -0.05) is 107 Å². The van der Waals surface area contributed by atoms with Crippen LogP contribution in [0.2, 0.25) is 0 Å². The summed E-state index contributed by atoms with van der Waals surface area (Å²) in [7, 11) is 0. The van der Waals surface area contributed by atoms with Crippen LogP contribution in [0, 0.1) is 0 Å². The smallest absolute Gasteiger partial charge is 0.123 e. The highest BCUT2D eigenvalue weighted by Gasteiger charge is 2.31. The summed E-state index contributed by atoms with van der Waals surface area (Å²) in [6, 6.07) is 9.08. The first-order valence-electron chi connectivity index (χ1n) is 17.1. The second-order valence-electron chi connectivity index (χ2n) is 15.9. The lowest BCUT2D eigenvalue weighted by molar-refractivity contribution is 0.242. The molecule has 1 aliphatic heterocycles. The van der Waals surface area contributed by atoms with Crippen LogP contribution in [0.25, 0.3) is 0 Å². The van der Waals surface area contributed by atoms with Gasteiger partial charge in [-0.2, -0.15) is 0 Å². The first-order valence-corrected chi connectivity index (χ1v) is 17.1. The number of phenols is 2. The minimum Gasteiger partial charge on any atom is -0.507 e. The monoisotopic (exact) mass is 592 g/mol. The summed E-state index contributed by atoms with van der Waals surface area (Å²) in [5.41, 5.74) is 6.89. The van der Waals surface area contributed by atoms with Crippen molar-refractivity contribution >= 4 is 0 Å². The maximum absolute atomic E-state index is 11.6. The number of aromatic hydroxyl groups is 2. The van der Waals surface area contributed by atoms with Crippen molar-refractivity contribution in [3.05, 3.63) is 57.6 Å². The third-order valence-electron chi connectivity index (χ3n) is 11.4. The van der Waals surface area contributed by atoms with Gasteiger partial charge in [0.15, 0.2) is 0 Å². The zero-order valence-electron chi connectivity index (χ0n) is 29.9. The van der Waals surface area contributed by atoms with Crippen LogP contribution in [-0.4, -0.2) is 46.2 Å². The van der Waals surface area contributed by atoms with Crippen molar-refractivity contribution < 1.29 is 10.2 Å². The fourth-order valence-corrected chi connectivity index (χ4v) is 6.06. The van der Waals surface area contributed by atoms with Gasteiger partial charge in [0.1, 0.15) is 11.5 Å². The summed E-state index contributed by atoms with van der Waals surface area (Å²) in [5, 5.41) is 23.1. The molecule has 0 saturated carbocycles. The third kappa shape index (κ3) is 7.98. The summed E-state index contributed by atoms with van der Waals surface area (Å²) in [5.74, 6) is 0.963. The van der Waals surface area contributed by atoms with E-state index in [1.54, 1.807) is 0 Å². The van der Waals surface area contributed by atoms with E-state index in [9.17, 15) is 10.2 Å². The number of hydrogen-bond acceptors (Lipinski definition) is 4. The van der Waals surface area contributed by atoms with Gasteiger partial charge in [-0.15, -0.1) is 0 Å². The number of nitrogens with zero attached hydrogens (tertiary/aromatic N) is 2. The Bertz CT molecular complexity index is 1140. The predicted octanol–water partition coefficient (Wildman–Crippen LogP) is 9.56. The van der Waals surface area contributed by atoms with Crippen LogP contribution in [0.4, 0.5) is 0 Å². The number of rotatable bonds is 12. The SMILES string of the molecule is CCC(C)(C)c1cc(CN2CCCN(Cc3cc(C(C)(C)CC)cc(C(C)(C)CC)c3O)CC2)c(O)c(C(C)(C)CC)c1. The van der Waals surface area contributed by atoms with E-state index in [1.807, 2.05) is 0 Å². The van der Waals surface area contributed by atoms with Crippen molar-refractivity contribution in [3.63, 3.8) is 0 Å². The van der Waals surface area contributed by atoms with Crippen LogP contribution < -0.4 is 0 Å². The van der Waals surface area contributed by atoms with Gasteiger partial charge in [0.25, 0.3) is 0 Å². The Kier molecular flexibility index (Phi) is 11.1.